The lowest BCUT2D eigenvalue weighted by Gasteiger charge is -2.14. The molecule has 0 saturated heterocycles. The van der Waals surface area contributed by atoms with E-state index in [1.54, 1.807) is 18.3 Å². The van der Waals surface area contributed by atoms with E-state index in [1.807, 2.05) is 31.2 Å². The number of aryl methyl sites for hydroxylation is 1. The van der Waals surface area contributed by atoms with E-state index in [0.717, 1.165) is 29.3 Å². The van der Waals surface area contributed by atoms with Crippen LogP contribution in [0.25, 0.3) is 10.9 Å². The van der Waals surface area contributed by atoms with Gasteiger partial charge in [0.25, 0.3) is 5.56 Å². The first kappa shape index (κ1) is 22.5. The summed E-state index contributed by atoms with van der Waals surface area (Å²) in [6.45, 7) is 6.17. The minimum Gasteiger partial charge on any atom is -0.489 e. The smallest absolute Gasteiger partial charge is 0.282 e. The summed E-state index contributed by atoms with van der Waals surface area (Å²) in [5.41, 5.74) is 1.26. The molecule has 158 valence electrons. The third-order valence-electron chi connectivity index (χ3n) is 4.81. The van der Waals surface area contributed by atoms with Gasteiger partial charge >= 0.3 is 0 Å². The predicted molar refractivity (Wildman–Crippen MR) is 127 cm³/mol. The first-order valence-electron chi connectivity index (χ1n) is 10.1. The second-order valence-corrected chi connectivity index (χ2v) is 8.50. The Morgan fingerprint density at radius 2 is 2.07 bits per heavy atom. The molecule has 30 heavy (non-hydrogen) atoms. The Kier molecular flexibility index (Phi) is 7.67. The fraction of sp³-hybridized carbons (Fsp3) is 0.348. The van der Waals surface area contributed by atoms with Crippen LogP contribution in [0, 0.1) is 0 Å². The summed E-state index contributed by atoms with van der Waals surface area (Å²) < 4.78 is 8.03. The number of rotatable bonds is 8. The van der Waals surface area contributed by atoms with E-state index >= 15 is 0 Å². The number of fused-ring (bicyclic) bond motifs is 1. The topological polar surface area (TPSA) is 56.5 Å². The van der Waals surface area contributed by atoms with Gasteiger partial charge in [0.1, 0.15) is 11.6 Å². The highest BCUT2D eigenvalue weighted by Crippen LogP contribution is 2.26. The molecule has 3 aromatic rings. The van der Waals surface area contributed by atoms with E-state index in [1.165, 1.54) is 4.68 Å². The molecule has 2 aromatic carbocycles. The minimum absolute atomic E-state index is 0.0877. The average molecular weight is 491 g/mol. The van der Waals surface area contributed by atoms with Crippen molar-refractivity contribution >= 4 is 44.6 Å². The molecule has 0 aliphatic rings. The number of hydrogen-bond acceptors (Lipinski definition) is 4. The van der Waals surface area contributed by atoms with E-state index in [4.69, 9.17) is 16.3 Å². The van der Waals surface area contributed by atoms with Crippen molar-refractivity contribution in [1.29, 1.82) is 0 Å². The van der Waals surface area contributed by atoms with Gasteiger partial charge in [-0.1, -0.05) is 47.8 Å². The van der Waals surface area contributed by atoms with Crippen molar-refractivity contribution in [3.8, 4) is 5.75 Å². The fourth-order valence-corrected chi connectivity index (χ4v) is 3.52. The summed E-state index contributed by atoms with van der Waals surface area (Å²) in [6.07, 6.45) is 5.22. The average Bonchev–Trinajstić information content (AvgIpc) is 2.73. The highest BCUT2D eigenvalue weighted by Gasteiger charge is 2.11. The van der Waals surface area contributed by atoms with Gasteiger partial charge in [-0.3, -0.25) is 4.79 Å². The number of nitrogens with zero attached hydrogens (tertiary/aromatic N) is 3. The summed E-state index contributed by atoms with van der Waals surface area (Å²) in [6, 6.07) is 11.0. The summed E-state index contributed by atoms with van der Waals surface area (Å²) in [7, 11) is 0. The molecule has 1 heterocycles. The molecule has 7 heteroatoms. The van der Waals surface area contributed by atoms with E-state index < -0.39 is 0 Å². The second-order valence-electron chi connectivity index (χ2n) is 7.18. The van der Waals surface area contributed by atoms with Crippen LogP contribution in [0.1, 0.15) is 51.4 Å². The Balaban J connectivity index is 1.99. The molecule has 0 radical (unpaired) electrons. The third kappa shape index (κ3) is 5.29. The van der Waals surface area contributed by atoms with E-state index in [-0.39, 0.29) is 11.7 Å². The van der Waals surface area contributed by atoms with Crippen LogP contribution in [0.5, 0.6) is 5.75 Å². The predicted octanol–water partition coefficient (Wildman–Crippen LogP) is 6.21. The van der Waals surface area contributed by atoms with E-state index in [0.29, 0.717) is 33.9 Å². The van der Waals surface area contributed by atoms with Gasteiger partial charge in [-0.05, 0) is 61.7 Å². The Hall–Kier alpha value is -2.18. The lowest BCUT2D eigenvalue weighted by atomic mass is 10.2. The number of unbranched alkanes of at least 4 members (excludes halogenated alkanes) is 1. The van der Waals surface area contributed by atoms with Crippen LogP contribution >= 0.6 is 27.5 Å². The number of halogens is 2. The van der Waals surface area contributed by atoms with Crippen molar-refractivity contribution in [3.63, 3.8) is 0 Å². The zero-order valence-corrected chi connectivity index (χ0v) is 19.7. The standard InChI is InChI=1S/C23H25BrClN3O2/c1-4-6-7-22-27-20-10-9-17(24)13-18(20)23(29)28(22)26-14-16-8-11-21(19(25)12-16)30-15(3)5-2/h8-15H,4-7H2,1-3H3/t15-/m0/s1. The van der Waals surface area contributed by atoms with Crippen LogP contribution in [0.2, 0.25) is 5.02 Å². The first-order valence-corrected chi connectivity index (χ1v) is 11.3. The number of hydrogen-bond donors (Lipinski definition) is 0. The zero-order chi connectivity index (χ0) is 21.7. The highest BCUT2D eigenvalue weighted by molar-refractivity contribution is 9.10. The van der Waals surface area contributed by atoms with E-state index in [2.05, 4.69) is 39.9 Å². The number of ether oxygens (including phenoxy) is 1. The van der Waals surface area contributed by atoms with Gasteiger partial charge in [0.05, 0.1) is 28.2 Å². The van der Waals surface area contributed by atoms with Crippen LogP contribution < -0.4 is 10.3 Å². The van der Waals surface area contributed by atoms with Crippen molar-refractivity contribution in [3.05, 3.63) is 67.6 Å². The summed E-state index contributed by atoms with van der Waals surface area (Å²) in [5, 5.41) is 5.50. The maximum atomic E-state index is 13.1. The quantitative estimate of drug-likeness (QED) is 0.352. The van der Waals surface area contributed by atoms with Crippen molar-refractivity contribution in [2.45, 2.75) is 52.6 Å². The molecular weight excluding hydrogens is 466 g/mol. The molecule has 0 spiro atoms. The van der Waals surface area contributed by atoms with Gasteiger partial charge in [-0.2, -0.15) is 9.78 Å². The van der Waals surface area contributed by atoms with Crippen LogP contribution in [0.3, 0.4) is 0 Å². The molecule has 0 aliphatic heterocycles. The molecule has 0 amide bonds. The maximum Gasteiger partial charge on any atom is 0.282 e. The molecule has 0 unspecified atom stereocenters. The molecule has 5 nitrogen and oxygen atoms in total. The number of aromatic nitrogens is 2. The molecule has 1 atom stereocenters. The van der Waals surface area contributed by atoms with Crippen LogP contribution in [0.4, 0.5) is 0 Å². The monoisotopic (exact) mass is 489 g/mol. The molecular formula is C23H25BrClN3O2. The number of benzene rings is 2. The zero-order valence-electron chi connectivity index (χ0n) is 17.4. The van der Waals surface area contributed by atoms with Crippen LogP contribution in [-0.4, -0.2) is 22.0 Å². The SMILES string of the molecule is CCCCc1nc2ccc(Br)cc2c(=O)n1N=Cc1ccc(O[C@@H](C)CC)c(Cl)c1. The normalized spacial score (nSPS) is 12.6. The van der Waals surface area contributed by atoms with Crippen LogP contribution in [0.15, 0.2) is 50.8 Å². The largest absolute Gasteiger partial charge is 0.489 e. The van der Waals surface area contributed by atoms with Gasteiger partial charge < -0.3 is 4.74 Å². The Morgan fingerprint density at radius 1 is 1.27 bits per heavy atom. The Bertz CT molecular complexity index is 1130. The third-order valence-corrected chi connectivity index (χ3v) is 5.60. The van der Waals surface area contributed by atoms with Crippen molar-refractivity contribution in [1.82, 2.24) is 9.66 Å². The van der Waals surface area contributed by atoms with Crippen LogP contribution in [-0.2, 0) is 6.42 Å². The molecule has 1 aromatic heterocycles. The van der Waals surface area contributed by atoms with Gasteiger partial charge in [0.15, 0.2) is 0 Å². The molecule has 0 fully saturated rings. The first-order chi connectivity index (χ1) is 14.4. The summed E-state index contributed by atoms with van der Waals surface area (Å²) in [4.78, 5) is 17.8. The highest BCUT2D eigenvalue weighted by atomic mass is 79.9. The second kappa shape index (κ2) is 10.2. The van der Waals surface area contributed by atoms with Gasteiger partial charge in [0, 0.05) is 10.9 Å². The van der Waals surface area contributed by atoms with Gasteiger partial charge in [-0.25, -0.2) is 4.98 Å². The minimum atomic E-state index is -0.188. The molecule has 3 rings (SSSR count). The lowest BCUT2D eigenvalue weighted by Crippen LogP contribution is -2.22. The summed E-state index contributed by atoms with van der Waals surface area (Å²) >= 11 is 9.79. The molecule has 0 bridgehead atoms. The van der Waals surface area contributed by atoms with Crippen molar-refractivity contribution in [2.75, 3.05) is 0 Å². The van der Waals surface area contributed by atoms with Gasteiger partial charge in [-0.15, -0.1) is 0 Å². The fourth-order valence-electron chi connectivity index (χ4n) is 2.93. The molecule has 0 aliphatic carbocycles. The lowest BCUT2D eigenvalue weighted by molar-refractivity contribution is 0.217. The van der Waals surface area contributed by atoms with Gasteiger partial charge in [0.2, 0.25) is 0 Å². The van der Waals surface area contributed by atoms with Crippen molar-refractivity contribution < 1.29 is 4.74 Å². The Morgan fingerprint density at radius 3 is 2.77 bits per heavy atom. The molecule has 0 N–H and O–H groups in total. The maximum absolute atomic E-state index is 13.1. The van der Waals surface area contributed by atoms with E-state index in [9.17, 15) is 4.79 Å². The summed E-state index contributed by atoms with van der Waals surface area (Å²) in [5.74, 6) is 1.29. The van der Waals surface area contributed by atoms with Crippen molar-refractivity contribution in [2.24, 2.45) is 5.10 Å². The Labute approximate surface area is 189 Å². The molecule has 0 saturated carbocycles.